The Morgan fingerprint density at radius 2 is 1.94 bits per heavy atom. The van der Waals surface area contributed by atoms with Crippen LogP contribution >= 0.6 is 0 Å². The lowest BCUT2D eigenvalue weighted by Gasteiger charge is -2.17. The molecule has 0 spiro atoms. The first-order valence-corrected chi connectivity index (χ1v) is 5.71. The highest BCUT2D eigenvalue weighted by Gasteiger charge is 2.20. The van der Waals surface area contributed by atoms with E-state index in [0.717, 1.165) is 12.2 Å². The van der Waals surface area contributed by atoms with E-state index >= 15 is 0 Å². The minimum Gasteiger partial charge on any atom is -0.480 e. The van der Waals surface area contributed by atoms with Crippen LogP contribution in [0.4, 0.5) is 0 Å². The number of methoxy groups -OCH3 is 1. The largest absolute Gasteiger partial charge is 0.480 e. The number of nitrogens with zero attached hydrogens (tertiary/aromatic N) is 4. The Hall–Kier alpha value is -2.08. The molecule has 1 atom stereocenters. The molecule has 0 aliphatic rings. The first kappa shape index (κ1) is 12.4. The molecule has 94 valence electrons. The second-order valence-corrected chi connectivity index (χ2v) is 3.57. The van der Waals surface area contributed by atoms with Crippen molar-refractivity contribution in [3.05, 3.63) is 42.4 Å². The molecule has 2 rings (SSSR count). The van der Waals surface area contributed by atoms with Crippen LogP contribution in [0.25, 0.3) is 0 Å². The summed E-state index contributed by atoms with van der Waals surface area (Å²) in [4.78, 5) is 16.9. The Kier molecular flexibility index (Phi) is 4.14. The van der Waals surface area contributed by atoms with Crippen molar-refractivity contribution in [3.63, 3.8) is 0 Å². The second kappa shape index (κ2) is 6.02. The van der Waals surface area contributed by atoms with Gasteiger partial charge in [-0.2, -0.15) is 0 Å². The van der Waals surface area contributed by atoms with E-state index in [-0.39, 0.29) is 6.04 Å². The summed E-state index contributed by atoms with van der Waals surface area (Å²) in [6.07, 6.45) is 8.24. The summed E-state index contributed by atoms with van der Waals surface area (Å²) in [6.45, 7) is 2.80. The lowest BCUT2D eigenvalue weighted by atomic mass is 10.1. The van der Waals surface area contributed by atoms with Gasteiger partial charge in [0.1, 0.15) is 5.69 Å². The average molecular weight is 245 g/mol. The van der Waals surface area contributed by atoms with Crippen molar-refractivity contribution in [2.75, 3.05) is 13.7 Å². The molecule has 0 radical (unpaired) electrons. The molecule has 6 heteroatoms. The van der Waals surface area contributed by atoms with E-state index < -0.39 is 0 Å². The van der Waals surface area contributed by atoms with Crippen molar-refractivity contribution in [1.29, 1.82) is 0 Å². The first-order chi connectivity index (χ1) is 8.86. The van der Waals surface area contributed by atoms with Gasteiger partial charge in [0.25, 0.3) is 0 Å². The van der Waals surface area contributed by atoms with Gasteiger partial charge in [-0.3, -0.25) is 15.0 Å². The topological polar surface area (TPSA) is 72.8 Å². The van der Waals surface area contributed by atoms with Crippen molar-refractivity contribution < 1.29 is 4.74 Å². The van der Waals surface area contributed by atoms with Crippen LogP contribution in [0.1, 0.15) is 24.4 Å². The summed E-state index contributed by atoms with van der Waals surface area (Å²) in [5, 5.41) is 3.30. The molecule has 0 saturated heterocycles. The molecule has 0 bridgehead atoms. The summed E-state index contributed by atoms with van der Waals surface area (Å²) < 4.78 is 5.23. The number of aromatic nitrogens is 4. The van der Waals surface area contributed by atoms with Crippen LogP contribution in [0.15, 0.2) is 31.0 Å². The Balaban J connectivity index is 2.41. The SMILES string of the molecule is CCNC(c1cnccn1)c1nccnc1OC. The maximum absolute atomic E-state index is 5.23. The van der Waals surface area contributed by atoms with Gasteiger partial charge in [0.2, 0.25) is 5.88 Å². The van der Waals surface area contributed by atoms with E-state index in [9.17, 15) is 0 Å². The fourth-order valence-corrected chi connectivity index (χ4v) is 1.70. The van der Waals surface area contributed by atoms with Gasteiger partial charge in [-0.15, -0.1) is 0 Å². The summed E-state index contributed by atoms with van der Waals surface area (Å²) >= 11 is 0. The van der Waals surface area contributed by atoms with E-state index in [2.05, 4.69) is 25.3 Å². The van der Waals surface area contributed by atoms with Gasteiger partial charge in [-0.1, -0.05) is 6.92 Å². The predicted molar refractivity (Wildman–Crippen MR) is 66.1 cm³/mol. The average Bonchev–Trinajstić information content (AvgIpc) is 2.46. The number of rotatable bonds is 5. The Bertz CT molecular complexity index is 491. The summed E-state index contributed by atoms with van der Waals surface area (Å²) in [6, 6.07) is -0.174. The maximum Gasteiger partial charge on any atom is 0.237 e. The van der Waals surface area contributed by atoms with Gasteiger partial charge in [0, 0.05) is 24.8 Å². The van der Waals surface area contributed by atoms with Crippen LogP contribution in [0.5, 0.6) is 5.88 Å². The van der Waals surface area contributed by atoms with Crippen LogP contribution in [0, 0.1) is 0 Å². The third-order valence-electron chi connectivity index (χ3n) is 2.45. The van der Waals surface area contributed by atoms with Crippen LogP contribution in [-0.2, 0) is 0 Å². The van der Waals surface area contributed by atoms with Gasteiger partial charge >= 0.3 is 0 Å². The molecule has 0 saturated carbocycles. The van der Waals surface area contributed by atoms with E-state index in [1.165, 1.54) is 0 Å². The number of nitrogens with one attached hydrogen (secondary N) is 1. The fourth-order valence-electron chi connectivity index (χ4n) is 1.70. The molecule has 0 aromatic carbocycles. The van der Waals surface area contributed by atoms with E-state index in [1.807, 2.05) is 6.92 Å². The maximum atomic E-state index is 5.23. The van der Waals surface area contributed by atoms with Crippen LogP contribution in [0.3, 0.4) is 0 Å². The van der Waals surface area contributed by atoms with Crippen molar-refractivity contribution in [2.24, 2.45) is 0 Å². The highest BCUT2D eigenvalue weighted by molar-refractivity contribution is 5.27. The molecule has 2 aromatic rings. The van der Waals surface area contributed by atoms with Gasteiger partial charge < -0.3 is 10.1 Å². The van der Waals surface area contributed by atoms with Crippen LogP contribution in [0.2, 0.25) is 0 Å². The van der Waals surface area contributed by atoms with Crippen molar-refractivity contribution in [2.45, 2.75) is 13.0 Å². The van der Waals surface area contributed by atoms with Crippen molar-refractivity contribution >= 4 is 0 Å². The zero-order valence-corrected chi connectivity index (χ0v) is 10.4. The van der Waals surface area contributed by atoms with Gasteiger partial charge in [0.15, 0.2) is 0 Å². The van der Waals surface area contributed by atoms with Gasteiger partial charge in [0.05, 0.1) is 25.0 Å². The lowest BCUT2D eigenvalue weighted by Crippen LogP contribution is -2.24. The molecule has 18 heavy (non-hydrogen) atoms. The van der Waals surface area contributed by atoms with Gasteiger partial charge in [-0.25, -0.2) is 4.98 Å². The van der Waals surface area contributed by atoms with Crippen LogP contribution in [-0.4, -0.2) is 33.6 Å². The standard InChI is InChI=1S/C12H15N5O/c1-3-14-10(9-8-13-4-5-15-9)11-12(18-2)17-7-6-16-11/h4-8,10,14H,3H2,1-2H3. The minimum absolute atomic E-state index is 0.174. The molecule has 1 unspecified atom stereocenters. The van der Waals surface area contributed by atoms with Crippen molar-refractivity contribution in [3.8, 4) is 5.88 Å². The molecule has 2 aromatic heterocycles. The fraction of sp³-hybridized carbons (Fsp3) is 0.333. The van der Waals surface area contributed by atoms with E-state index in [4.69, 9.17) is 4.74 Å². The molecule has 0 aliphatic carbocycles. The lowest BCUT2D eigenvalue weighted by molar-refractivity contribution is 0.382. The third-order valence-corrected chi connectivity index (χ3v) is 2.45. The van der Waals surface area contributed by atoms with Crippen LogP contribution < -0.4 is 10.1 Å². The Morgan fingerprint density at radius 3 is 2.61 bits per heavy atom. The smallest absolute Gasteiger partial charge is 0.237 e. The normalized spacial score (nSPS) is 12.1. The zero-order valence-electron chi connectivity index (χ0n) is 10.4. The van der Waals surface area contributed by atoms with Crippen molar-refractivity contribution in [1.82, 2.24) is 25.3 Å². The molecule has 0 aliphatic heterocycles. The van der Waals surface area contributed by atoms with E-state index in [1.54, 1.807) is 38.1 Å². The molecule has 0 amide bonds. The third kappa shape index (κ3) is 2.60. The summed E-state index contributed by atoms with van der Waals surface area (Å²) in [7, 11) is 1.58. The zero-order chi connectivity index (χ0) is 12.8. The first-order valence-electron chi connectivity index (χ1n) is 5.71. The molecular weight excluding hydrogens is 230 g/mol. The molecule has 6 nitrogen and oxygen atoms in total. The minimum atomic E-state index is -0.174. The quantitative estimate of drug-likeness (QED) is 0.846. The second-order valence-electron chi connectivity index (χ2n) is 3.57. The highest BCUT2D eigenvalue weighted by Crippen LogP contribution is 2.24. The monoisotopic (exact) mass is 245 g/mol. The number of hydrogen-bond donors (Lipinski definition) is 1. The van der Waals surface area contributed by atoms with E-state index in [0.29, 0.717) is 11.6 Å². The number of ether oxygens (including phenoxy) is 1. The molecule has 1 N–H and O–H groups in total. The molecular formula is C12H15N5O. The van der Waals surface area contributed by atoms with Gasteiger partial charge in [-0.05, 0) is 6.54 Å². The Labute approximate surface area is 105 Å². The summed E-state index contributed by atoms with van der Waals surface area (Å²) in [5.41, 5.74) is 1.50. The summed E-state index contributed by atoms with van der Waals surface area (Å²) in [5.74, 6) is 0.495. The highest BCUT2D eigenvalue weighted by atomic mass is 16.5. The Morgan fingerprint density at radius 1 is 1.17 bits per heavy atom. The number of hydrogen-bond acceptors (Lipinski definition) is 6. The predicted octanol–water partition coefficient (Wildman–Crippen LogP) is 0.974. The molecule has 0 fully saturated rings. The molecule has 2 heterocycles.